The van der Waals surface area contributed by atoms with Crippen LogP contribution in [0.25, 0.3) is 6.08 Å². The maximum Gasteiger partial charge on any atom is 0.343 e. The lowest BCUT2D eigenvalue weighted by atomic mass is 10.1. The van der Waals surface area contributed by atoms with E-state index in [0.29, 0.717) is 32.1 Å². The number of hydrogen-bond acceptors (Lipinski definition) is 7. The molecule has 0 bridgehead atoms. The smallest absolute Gasteiger partial charge is 0.343 e. The highest BCUT2D eigenvalue weighted by Gasteiger charge is 2.34. The predicted octanol–water partition coefficient (Wildman–Crippen LogP) is 4.95. The topological polar surface area (TPSA) is 65.1 Å². The van der Waals surface area contributed by atoms with Gasteiger partial charge in [-0.15, -0.1) is 0 Å². The summed E-state index contributed by atoms with van der Waals surface area (Å²) in [4.78, 5) is 27.4. The summed E-state index contributed by atoms with van der Waals surface area (Å²) in [7, 11) is 1.49. The van der Waals surface area contributed by atoms with Crippen LogP contribution in [-0.2, 0) is 9.53 Å². The van der Waals surface area contributed by atoms with Crippen LogP contribution in [0, 0.1) is 0 Å². The molecule has 4 rings (SSSR count). The third kappa shape index (κ3) is 5.15. The van der Waals surface area contributed by atoms with Crippen molar-refractivity contribution >= 4 is 57.9 Å². The number of amides is 1. The molecule has 2 saturated heterocycles. The van der Waals surface area contributed by atoms with E-state index in [4.69, 9.17) is 38.0 Å². The van der Waals surface area contributed by atoms with E-state index in [0.717, 1.165) is 25.0 Å². The van der Waals surface area contributed by atoms with E-state index >= 15 is 0 Å². The van der Waals surface area contributed by atoms with Crippen LogP contribution < -0.4 is 9.47 Å². The van der Waals surface area contributed by atoms with E-state index in [1.807, 2.05) is 0 Å². The van der Waals surface area contributed by atoms with E-state index in [2.05, 4.69) is 0 Å². The zero-order chi connectivity index (χ0) is 22.7. The maximum atomic E-state index is 12.8. The Hall–Kier alpha value is -2.39. The fourth-order valence-electron chi connectivity index (χ4n) is 3.40. The third-order valence-corrected chi connectivity index (χ3v) is 6.68. The molecule has 9 heteroatoms. The number of esters is 1. The predicted molar refractivity (Wildman–Crippen MR) is 128 cm³/mol. The van der Waals surface area contributed by atoms with Crippen LogP contribution in [0.15, 0.2) is 47.4 Å². The summed E-state index contributed by atoms with van der Waals surface area (Å²) in [6.07, 6.45) is 3.72. The molecule has 166 valence electrons. The fraction of sp³-hybridized carbons (Fsp3) is 0.261. The Balaban J connectivity index is 1.49. The molecule has 2 fully saturated rings. The molecule has 1 amide bonds. The standard InChI is InChI=1S/C23H20ClNO5S2/c1-28-19-11-14(4-9-18(19)30-22(27)15-5-7-16(24)8-6-15)12-20-21(26)25(23(31)32-20)13-17-3-2-10-29-17/h4-9,11-12,17H,2-3,10,13H2,1H3/b20-12-. The van der Waals surface area contributed by atoms with Crippen molar-refractivity contribution in [3.05, 3.63) is 63.5 Å². The average Bonchev–Trinajstić information content (AvgIpc) is 3.39. The van der Waals surface area contributed by atoms with Crippen LogP contribution in [0.1, 0.15) is 28.8 Å². The van der Waals surface area contributed by atoms with Gasteiger partial charge in [0.05, 0.1) is 30.2 Å². The molecule has 0 saturated carbocycles. The molecule has 2 aliphatic rings. The van der Waals surface area contributed by atoms with Crippen molar-refractivity contribution < 1.29 is 23.8 Å². The number of rotatable bonds is 6. The van der Waals surface area contributed by atoms with Crippen LogP contribution in [-0.4, -0.2) is 47.5 Å². The second-order valence-corrected chi connectivity index (χ2v) is 9.35. The summed E-state index contributed by atoms with van der Waals surface area (Å²) in [5.41, 5.74) is 1.10. The second-order valence-electron chi connectivity index (χ2n) is 7.23. The highest BCUT2D eigenvalue weighted by atomic mass is 35.5. The Morgan fingerprint density at radius 3 is 2.75 bits per heavy atom. The number of thioether (sulfide) groups is 1. The number of halogens is 1. The van der Waals surface area contributed by atoms with Gasteiger partial charge in [-0.05, 0) is 60.9 Å². The van der Waals surface area contributed by atoms with Gasteiger partial charge in [-0.25, -0.2) is 4.79 Å². The minimum absolute atomic E-state index is 0.0338. The molecule has 6 nitrogen and oxygen atoms in total. The van der Waals surface area contributed by atoms with Gasteiger partial charge in [-0.1, -0.05) is 41.6 Å². The lowest BCUT2D eigenvalue weighted by Crippen LogP contribution is -2.35. The van der Waals surface area contributed by atoms with Gasteiger partial charge in [0, 0.05) is 11.6 Å². The maximum absolute atomic E-state index is 12.8. The molecular formula is C23H20ClNO5S2. The number of ether oxygens (including phenoxy) is 3. The quantitative estimate of drug-likeness (QED) is 0.246. The Labute approximate surface area is 200 Å². The molecule has 0 aliphatic carbocycles. The number of methoxy groups -OCH3 is 1. The molecule has 0 spiro atoms. The summed E-state index contributed by atoms with van der Waals surface area (Å²) in [6, 6.07) is 11.5. The molecule has 32 heavy (non-hydrogen) atoms. The van der Waals surface area contributed by atoms with Crippen LogP contribution in [0.4, 0.5) is 0 Å². The van der Waals surface area contributed by atoms with E-state index in [1.165, 1.54) is 18.9 Å². The average molecular weight is 490 g/mol. The number of carbonyl (C=O) groups is 2. The molecule has 2 aromatic rings. The lowest BCUT2D eigenvalue weighted by Gasteiger charge is -2.18. The normalized spacial score (nSPS) is 19.6. The molecule has 1 unspecified atom stereocenters. The van der Waals surface area contributed by atoms with Crippen molar-refractivity contribution in [2.24, 2.45) is 0 Å². The first kappa shape index (κ1) is 22.8. The molecule has 2 heterocycles. The minimum atomic E-state index is -0.525. The van der Waals surface area contributed by atoms with Crippen LogP contribution in [0.2, 0.25) is 5.02 Å². The summed E-state index contributed by atoms with van der Waals surface area (Å²) in [6.45, 7) is 1.20. The van der Waals surface area contributed by atoms with Gasteiger partial charge >= 0.3 is 5.97 Å². The second kappa shape index (κ2) is 10.0. The Kier molecular flexibility index (Phi) is 7.15. The monoisotopic (exact) mass is 489 g/mol. The highest BCUT2D eigenvalue weighted by molar-refractivity contribution is 8.26. The highest BCUT2D eigenvalue weighted by Crippen LogP contribution is 2.35. The molecule has 2 aliphatic heterocycles. The SMILES string of the molecule is COc1cc(/C=C2\SC(=S)N(CC3CCCO3)C2=O)ccc1OC(=O)c1ccc(Cl)cc1. The van der Waals surface area contributed by atoms with Gasteiger partial charge < -0.3 is 14.2 Å². The number of carbonyl (C=O) groups excluding carboxylic acids is 2. The number of benzene rings is 2. The molecule has 2 aromatic carbocycles. The largest absolute Gasteiger partial charge is 0.493 e. The first-order chi connectivity index (χ1) is 15.4. The van der Waals surface area contributed by atoms with E-state index in [9.17, 15) is 9.59 Å². The van der Waals surface area contributed by atoms with Gasteiger partial charge in [0.25, 0.3) is 5.91 Å². The Morgan fingerprint density at radius 1 is 1.28 bits per heavy atom. The van der Waals surface area contributed by atoms with E-state index < -0.39 is 5.97 Å². The van der Waals surface area contributed by atoms with Crippen molar-refractivity contribution in [2.45, 2.75) is 18.9 Å². The van der Waals surface area contributed by atoms with Gasteiger partial charge in [0.2, 0.25) is 0 Å². The molecule has 0 aromatic heterocycles. The van der Waals surface area contributed by atoms with Crippen LogP contribution >= 0.6 is 35.6 Å². The first-order valence-electron chi connectivity index (χ1n) is 9.97. The van der Waals surface area contributed by atoms with Crippen molar-refractivity contribution in [1.82, 2.24) is 4.90 Å². The van der Waals surface area contributed by atoms with E-state index in [1.54, 1.807) is 53.4 Å². The van der Waals surface area contributed by atoms with Gasteiger partial charge in [-0.3, -0.25) is 9.69 Å². The number of hydrogen-bond donors (Lipinski definition) is 0. The van der Waals surface area contributed by atoms with Crippen molar-refractivity contribution in [2.75, 3.05) is 20.3 Å². The van der Waals surface area contributed by atoms with E-state index in [-0.39, 0.29) is 17.8 Å². The lowest BCUT2D eigenvalue weighted by molar-refractivity contribution is -0.123. The molecule has 1 atom stereocenters. The first-order valence-corrected chi connectivity index (χ1v) is 11.6. The Morgan fingerprint density at radius 2 is 2.06 bits per heavy atom. The summed E-state index contributed by atoms with van der Waals surface area (Å²) >= 11 is 12.5. The third-order valence-electron chi connectivity index (χ3n) is 5.05. The minimum Gasteiger partial charge on any atom is -0.493 e. The molecule has 0 N–H and O–H groups in total. The van der Waals surface area contributed by atoms with Crippen molar-refractivity contribution in [3.63, 3.8) is 0 Å². The number of nitrogens with zero attached hydrogens (tertiary/aromatic N) is 1. The van der Waals surface area contributed by atoms with Crippen molar-refractivity contribution in [3.8, 4) is 11.5 Å². The fourth-order valence-corrected chi connectivity index (χ4v) is 4.80. The van der Waals surface area contributed by atoms with Crippen LogP contribution in [0.5, 0.6) is 11.5 Å². The zero-order valence-corrected chi connectivity index (χ0v) is 19.6. The van der Waals surface area contributed by atoms with Crippen LogP contribution in [0.3, 0.4) is 0 Å². The van der Waals surface area contributed by atoms with Gasteiger partial charge in [0.1, 0.15) is 4.32 Å². The van der Waals surface area contributed by atoms with Gasteiger partial charge in [0.15, 0.2) is 11.5 Å². The zero-order valence-electron chi connectivity index (χ0n) is 17.2. The van der Waals surface area contributed by atoms with Gasteiger partial charge in [-0.2, -0.15) is 0 Å². The summed E-state index contributed by atoms with van der Waals surface area (Å²) in [5, 5.41) is 0.532. The summed E-state index contributed by atoms with van der Waals surface area (Å²) in [5.74, 6) is -0.0122. The molecule has 0 radical (unpaired) electrons. The Bertz CT molecular complexity index is 1080. The summed E-state index contributed by atoms with van der Waals surface area (Å²) < 4.78 is 17.0. The van der Waals surface area contributed by atoms with Crippen molar-refractivity contribution in [1.29, 1.82) is 0 Å². The number of thiocarbonyl (C=S) groups is 1. The molecular weight excluding hydrogens is 470 g/mol.